The van der Waals surface area contributed by atoms with E-state index in [1.54, 1.807) is 12.5 Å². The molecule has 2 N–H and O–H groups in total. The molecule has 0 spiro atoms. The Morgan fingerprint density at radius 3 is 2.63 bits per heavy atom. The highest BCUT2D eigenvalue weighted by Crippen LogP contribution is 2.21. The van der Waals surface area contributed by atoms with E-state index >= 15 is 0 Å². The van der Waals surface area contributed by atoms with Crippen molar-refractivity contribution < 1.29 is 15.0 Å². The molecule has 6 heteroatoms. The van der Waals surface area contributed by atoms with Crippen LogP contribution in [0, 0.1) is 0 Å². The Kier molecular flexibility index (Phi) is 4.55. The van der Waals surface area contributed by atoms with Crippen LogP contribution in [0.2, 0.25) is 0 Å². The second-order valence-corrected chi connectivity index (χ2v) is 5.09. The summed E-state index contributed by atoms with van der Waals surface area (Å²) in [6.45, 7) is 2.53. The molecule has 0 bridgehead atoms. The molecule has 1 aromatic rings. The number of likely N-dealkylation sites (tertiary alicyclic amines) is 1. The van der Waals surface area contributed by atoms with Crippen LogP contribution < -0.4 is 0 Å². The summed E-state index contributed by atoms with van der Waals surface area (Å²) in [6, 6.07) is 0.0925. The minimum Gasteiger partial charge on any atom is -0.388 e. The third-order valence-corrected chi connectivity index (χ3v) is 3.59. The number of carbonyl (C=O) groups excluding carboxylic acids is 1. The van der Waals surface area contributed by atoms with Crippen molar-refractivity contribution in [2.24, 2.45) is 0 Å². The molecule has 0 saturated carbocycles. The molecule has 6 nitrogen and oxygen atoms in total. The molecule has 3 unspecified atom stereocenters. The van der Waals surface area contributed by atoms with Crippen LogP contribution in [0.3, 0.4) is 0 Å². The molecular weight excluding hydrogens is 246 g/mol. The van der Waals surface area contributed by atoms with Crippen LogP contribution in [0.4, 0.5) is 0 Å². The molecule has 1 aromatic heterocycles. The van der Waals surface area contributed by atoms with Crippen molar-refractivity contribution in [3.8, 4) is 0 Å². The fraction of sp³-hybridized carbons (Fsp3) is 0.692. The molecule has 1 amide bonds. The second kappa shape index (κ2) is 6.16. The zero-order chi connectivity index (χ0) is 13.8. The quantitative estimate of drug-likeness (QED) is 0.797. The van der Waals surface area contributed by atoms with Gasteiger partial charge in [0.2, 0.25) is 5.91 Å². The Morgan fingerprint density at radius 1 is 1.42 bits per heavy atom. The highest BCUT2D eigenvalue weighted by Gasteiger charge is 2.33. The van der Waals surface area contributed by atoms with Crippen LogP contribution in [0.5, 0.6) is 0 Å². The average molecular weight is 267 g/mol. The van der Waals surface area contributed by atoms with Gasteiger partial charge in [0.1, 0.15) is 0 Å². The summed E-state index contributed by atoms with van der Waals surface area (Å²) in [5.74, 6) is -0.0252. The molecular formula is C13H21N3O3. The van der Waals surface area contributed by atoms with Crippen molar-refractivity contribution in [2.45, 2.75) is 44.4 Å². The number of imidazole rings is 1. The molecule has 2 rings (SSSR count). The Bertz CT molecular complexity index is 397. The van der Waals surface area contributed by atoms with Crippen LogP contribution in [0.15, 0.2) is 18.7 Å². The molecule has 1 aliphatic heterocycles. The predicted octanol–water partition coefficient (Wildman–Crippen LogP) is 0.178. The van der Waals surface area contributed by atoms with Gasteiger partial charge in [-0.25, -0.2) is 4.98 Å². The van der Waals surface area contributed by atoms with Crippen molar-refractivity contribution in [1.82, 2.24) is 14.5 Å². The van der Waals surface area contributed by atoms with Crippen molar-refractivity contribution >= 4 is 5.91 Å². The van der Waals surface area contributed by atoms with Gasteiger partial charge in [-0.15, -0.1) is 0 Å². The van der Waals surface area contributed by atoms with Crippen molar-refractivity contribution in [3.05, 3.63) is 18.7 Å². The van der Waals surface area contributed by atoms with E-state index < -0.39 is 12.2 Å². The Hall–Kier alpha value is -1.40. The number of aliphatic hydroxyl groups excluding tert-OH is 2. The summed E-state index contributed by atoms with van der Waals surface area (Å²) in [5.41, 5.74) is 0. The molecule has 0 aliphatic carbocycles. The third kappa shape index (κ3) is 3.33. The first-order valence-corrected chi connectivity index (χ1v) is 6.73. The lowest BCUT2D eigenvalue weighted by Crippen LogP contribution is -2.31. The maximum Gasteiger partial charge on any atom is 0.224 e. The molecule has 0 aromatic carbocycles. The van der Waals surface area contributed by atoms with Gasteiger partial charge >= 0.3 is 0 Å². The zero-order valence-corrected chi connectivity index (χ0v) is 11.1. The maximum atomic E-state index is 12.2. The fourth-order valence-electron chi connectivity index (χ4n) is 2.48. The SMILES string of the molecule is CCCC(CC(=O)N1CC(O)C(O)C1)n1ccnc1. The molecule has 3 atom stereocenters. The lowest BCUT2D eigenvalue weighted by Gasteiger charge is -2.21. The maximum absolute atomic E-state index is 12.2. The number of aromatic nitrogens is 2. The molecule has 2 heterocycles. The normalized spacial score (nSPS) is 24.7. The zero-order valence-electron chi connectivity index (χ0n) is 11.1. The van der Waals surface area contributed by atoms with Crippen molar-refractivity contribution in [2.75, 3.05) is 13.1 Å². The van der Waals surface area contributed by atoms with Crippen LogP contribution in [0.25, 0.3) is 0 Å². The van der Waals surface area contributed by atoms with E-state index in [4.69, 9.17) is 0 Å². The minimum absolute atomic E-state index is 0.0252. The van der Waals surface area contributed by atoms with Gasteiger partial charge in [0, 0.05) is 37.9 Å². The van der Waals surface area contributed by atoms with Crippen LogP contribution in [-0.4, -0.2) is 55.9 Å². The first kappa shape index (κ1) is 14.0. The van der Waals surface area contributed by atoms with E-state index in [0.29, 0.717) is 6.42 Å². The number of β-amino-alcohol motifs (C(OH)–C–C–N with tert-alkyl or cyclic N) is 2. The first-order chi connectivity index (χ1) is 9.11. The topological polar surface area (TPSA) is 78.6 Å². The summed E-state index contributed by atoms with van der Waals surface area (Å²) >= 11 is 0. The largest absolute Gasteiger partial charge is 0.388 e. The Morgan fingerprint density at radius 2 is 2.11 bits per heavy atom. The molecule has 1 aliphatic rings. The summed E-state index contributed by atoms with van der Waals surface area (Å²) in [7, 11) is 0. The summed E-state index contributed by atoms with van der Waals surface area (Å²) in [4.78, 5) is 17.7. The summed E-state index contributed by atoms with van der Waals surface area (Å²) < 4.78 is 1.95. The highest BCUT2D eigenvalue weighted by atomic mass is 16.3. The first-order valence-electron chi connectivity index (χ1n) is 6.73. The number of rotatable bonds is 5. The third-order valence-electron chi connectivity index (χ3n) is 3.59. The minimum atomic E-state index is -0.818. The van der Waals surface area contributed by atoms with Gasteiger partial charge < -0.3 is 19.7 Å². The van der Waals surface area contributed by atoms with Gasteiger partial charge in [0.25, 0.3) is 0 Å². The predicted molar refractivity (Wildman–Crippen MR) is 69.4 cm³/mol. The lowest BCUT2D eigenvalue weighted by atomic mass is 10.1. The standard InChI is InChI=1S/C13H21N3O3/c1-2-3-10(15-5-4-14-9-15)6-13(19)16-7-11(17)12(18)8-16/h4-5,9-12,17-18H,2-3,6-8H2,1H3. The smallest absolute Gasteiger partial charge is 0.224 e. The number of hydrogen-bond acceptors (Lipinski definition) is 4. The molecule has 19 heavy (non-hydrogen) atoms. The van der Waals surface area contributed by atoms with Crippen LogP contribution in [-0.2, 0) is 4.79 Å². The molecule has 1 saturated heterocycles. The summed E-state index contributed by atoms with van der Waals surface area (Å²) in [5, 5.41) is 19.0. The van der Waals surface area contributed by atoms with E-state index in [-0.39, 0.29) is 25.0 Å². The van der Waals surface area contributed by atoms with Gasteiger partial charge in [-0.3, -0.25) is 4.79 Å². The van der Waals surface area contributed by atoms with Gasteiger partial charge in [-0.2, -0.15) is 0 Å². The number of aliphatic hydroxyl groups is 2. The van der Waals surface area contributed by atoms with Gasteiger partial charge in [0.05, 0.1) is 18.5 Å². The Balaban J connectivity index is 1.96. The van der Waals surface area contributed by atoms with E-state index in [0.717, 1.165) is 12.8 Å². The molecule has 1 fully saturated rings. The summed E-state index contributed by atoms with van der Waals surface area (Å²) in [6.07, 6.45) is 5.93. The van der Waals surface area contributed by atoms with E-state index in [2.05, 4.69) is 11.9 Å². The number of carbonyl (C=O) groups is 1. The number of hydrogen-bond donors (Lipinski definition) is 2. The van der Waals surface area contributed by atoms with E-state index in [1.165, 1.54) is 4.90 Å². The van der Waals surface area contributed by atoms with Crippen molar-refractivity contribution in [1.29, 1.82) is 0 Å². The van der Waals surface area contributed by atoms with Gasteiger partial charge in [0.15, 0.2) is 0 Å². The number of amides is 1. The van der Waals surface area contributed by atoms with Crippen molar-refractivity contribution in [3.63, 3.8) is 0 Å². The van der Waals surface area contributed by atoms with Gasteiger partial charge in [-0.1, -0.05) is 13.3 Å². The van der Waals surface area contributed by atoms with E-state index in [9.17, 15) is 15.0 Å². The van der Waals surface area contributed by atoms with Crippen LogP contribution >= 0.6 is 0 Å². The number of nitrogens with zero attached hydrogens (tertiary/aromatic N) is 3. The molecule has 106 valence electrons. The highest BCUT2D eigenvalue weighted by molar-refractivity contribution is 5.77. The lowest BCUT2D eigenvalue weighted by molar-refractivity contribution is -0.131. The Labute approximate surface area is 112 Å². The second-order valence-electron chi connectivity index (χ2n) is 5.09. The van der Waals surface area contributed by atoms with Gasteiger partial charge in [-0.05, 0) is 6.42 Å². The fourth-order valence-corrected chi connectivity index (χ4v) is 2.48. The van der Waals surface area contributed by atoms with E-state index in [1.807, 2.05) is 10.8 Å². The van der Waals surface area contributed by atoms with Crippen LogP contribution in [0.1, 0.15) is 32.2 Å². The monoisotopic (exact) mass is 267 g/mol. The average Bonchev–Trinajstić information content (AvgIpc) is 3.00. The molecule has 0 radical (unpaired) electrons.